The molecule has 1 amide bonds. The molecule has 3 aromatic rings. The van der Waals surface area contributed by atoms with Crippen LogP contribution in [-0.2, 0) is 17.8 Å². The van der Waals surface area contributed by atoms with Gasteiger partial charge >= 0.3 is 0 Å². The van der Waals surface area contributed by atoms with E-state index in [4.69, 9.17) is 0 Å². The van der Waals surface area contributed by atoms with E-state index in [0.29, 0.717) is 19.4 Å². The Morgan fingerprint density at radius 3 is 2.36 bits per heavy atom. The fourth-order valence-electron chi connectivity index (χ4n) is 3.30. The Morgan fingerprint density at radius 2 is 1.71 bits per heavy atom. The number of anilines is 1. The molecule has 3 rings (SSSR count). The van der Waals surface area contributed by atoms with E-state index in [-0.39, 0.29) is 5.91 Å². The highest BCUT2D eigenvalue weighted by molar-refractivity contribution is 5.76. The summed E-state index contributed by atoms with van der Waals surface area (Å²) >= 11 is 0. The van der Waals surface area contributed by atoms with Crippen molar-refractivity contribution in [2.45, 2.75) is 33.2 Å². The number of para-hydroxylation sites is 1. The Bertz CT molecular complexity index is 927. The molecule has 0 aliphatic heterocycles. The van der Waals surface area contributed by atoms with E-state index in [1.54, 1.807) is 0 Å². The zero-order chi connectivity index (χ0) is 20.1. The SMILES string of the molecule is Cc1nn(-c2ccccc2)c(C)c1CCC(=O)NCc1ccc(N(C)C)cc1. The number of nitrogens with one attached hydrogen (secondary N) is 1. The number of carbonyl (C=O) groups is 1. The zero-order valence-electron chi connectivity index (χ0n) is 17.1. The van der Waals surface area contributed by atoms with E-state index in [2.05, 4.69) is 34.4 Å². The number of carbonyl (C=O) groups excluding carboxylic acids is 1. The van der Waals surface area contributed by atoms with Crippen molar-refractivity contribution in [3.8, 4) is 5.69 Å². The lowest BCUT2D eigenvalue weighted by atomic mass is 10.1. The Kier molecular flexibility index (Phi) is 6.14. The molecule has 0 saturated carbocycles. The molecule has 0 bridgehead atoms. The molecule has 2 aromatic carbocycles. The van der Waals surface area contributed by atoms with Gasteiger partial charge in [0.05, 0.1) is 11.4 Å². The lowest BCUT2D eigenvalue weighted by Crippen LogP contribution is -2.23. The highest BCUT2D eigenvalue weighted by Crippen LogP contribution is 2.19. The molecule has 0 aliphatic carbocycles. The van der Waals surface area contributed by atoms with Crippen molar-refractivity contribution >= 4 is 11.6 Å². The summed E-state index contributed by atoms with van der Waals surface area (Å²) in [6, 6.07) is 18.3. The van der Waals surface area contributed by atoms with Gasteiger partial charge in [-0.3, -0.25) is 4.79 Å². The van der Waals surface area contributed by atoms with Crippen LogP contribution in [-0.4, -0.2) is 29.8 Å². The van der Waals surface area contributed by atoms with E-state index >= 15 is 0 Å². The van der Waals surface area contributed by atoms with Crippen LogP contribution >= 0.6 is 0 Å². The van der Waals surface area contributed by atoms with Crippen molar-refractivity contribution in [2.24, 2.45) is 0 Å². The Morgan fingerprint density at radius 1 is 1.04 bits per heavy atom. The summed E-state index contributed by atoms with van der Waals surface area (Å²) in [5.41, 5.74) is 6.51. The minimum absolute atomic E-state index is 0.0583. The maximum atomic E-state index is 12.3. The van der Waals surface area contributed by atoms with Crippen molar-refractivity contribution in [1.29, 1.82) is 0 Å². The lowest BCUT2D eigenvalue weighted by Gasteiger charge is -2.13. The van der Waals surface area contributed by atoms with Crippen molar-refractivity contribution in [3.63, 3.8) is 0 Å². The maximum absolute atomic E-state index is 12.3. The van der Waals surface area contributed by atoms with E-state index in [0.717, 1.165) is 33.9 Å². The molecule has 0 spiro atoms. The van der Waals surface area contributed by atoms with Gasteiger partial charge in [-0.2, -0.15) is 5.10 Å². The van der Waals surface area contributed by atoms with Gasteiger partial charge in [0.15, 0.2) is 0 Å². The first kappa shape index (κ1) is 19.7. The maximum Gasteiger partial charge on any atom is 0.220 e. The summed E-state index contributed by atoms with van der Waals surface area (Å²) in [4.78, 5) is 14.4. The van der Waals surface area contributed by atoms with Gasteiger partial charge in [-0.1, -0.05) is 30.3 Å². The molecule has 146 valence electrons. The van der Waals surface area contributed by atoms with Crippen LogP contribution in [0.5, 0.6) is 0 Å². The molecule has 0 unspecified atom stereocenters. The molecule has 0 radical (unpaired) electrons. The highest BCUT2D eigenvalue weighted by Gasteiger charge is 2.14. The first-order valence-electron chi connectivity index (χ1n) is 9.59. The van der Waals surface area contributed by atoms with Gasteiger partial charge in [0.1, 0.15) is 0 Å². The second kappa shape index (κ2) is 8.74. The molecule has 0 saturated heterocycles. The van der Waals surface area contributed by atoms with Gasteiger partial charge in [-0.25, -0.2) is 4.68 Å². The Hall–Kier alpha value is -3.08. The second-order valence-corrected chi connectivity index (χ2v) is 7.23. The number of aryl methyl sites for hydroxylation is 1. The van der Waals surface area contributed by atoms with E-state index in [1.807, 2.05) is 68.2 Å². The van der Waals surface area contributed by atoms with Gasteiger partial charge in [0.2, 0.25) is 5.91 Å². The molecule has 5 heteroatoms. The highest BCUT2D eigenvalue weighted by atomic mass is 16.1. The summed E-state index contributed by atoms with van der Waals surface area (Å²) in [5, 5.41) is 7.67. The monoisotopic (exact) mass is 376 g/mol. The lowest BCUT2D eigenvalue weighted by molar-refractivity contribution is -0.121. The zero-order valence-corrected chi connectivity index (χ0v) is 17.1. The molecule has 5 nitrogen and oxygen atoms in total. The minimum atomic E-state index is 0.0583. The van der Waals surface area contributed by atoms with Crippen molar-refractivity contribution in [3.05, 3.63) is 77.1 Å². The first-order valence-corrected chi connectivity index (χ1v) is 9.59. The van der Waals surface area contributed by atoms with E-state index < -0.39 is 0 Å². The van der Waals surface area contributed by atoms with Gasteiger partial charge in [0, 0.05) is 38.4 Å². The molecular weight excluding hydrogens is 348 g/mol. The number of aromatic nitrogens is 2. The third-order valence-corrected chi connectivity index (χ3v) is 4.99. The summed E-state index contributed by atoms with van der Waals surface area (Å²) in [6.07, 6.45) is 1.15. The predicted octanol–water partition coefficient (Wildman–Crippen LogP) is 3.80. The van der Waals surface area contributed by atoms with Crippen LogP contribution in [0, 0.1) is 13.8 Å². The fraction of sp³-hybridized carbons (Fsp3) is 0.304. The molecule has 1 heterocycles. The van der Waals surface area contributed by atoms with Crippen LogP contribution in [0.3, 0.4) is 0 Å². The standard InChI is InChI=1S/C23H28N4O/c1-17-22(18(2)27(25-17)21-8-6-5-7-9-21)14-15-23(28)24-16-19-10-12-20(13-11-19)26(3)4/h5-13H,14-16H2,1-4H3,(H,24,28). The minimum Gasteiger partial charge on any atom is -0.378 e. The van der Waals surface area contributed by atoms with Gasteiger partial charge < -0.3 is 10.2 Å². The molecular formula is C23H28N4O. The molecule has 28 heavy (non-hydrogen) atoms. The van der Waals surface area contributed by atoms with Gasteiger partial charge in [-0.15, -0.1) is 0 Å². The molecule has 1 aromatic heterocycles. The molecule has 0 aliphatic rings. The quantitative estimate of drug-likeness (QED) is 0.682. The number of benzene rings is 2. The Labute approximate surface area is 167 Å². The Balaban J connectivity index is 1.57. The number of rotatable bonds is 7. The van der Waals surface area contributed by atoms with E-state index in [1.165, 1.54) is 0 Å². The number of amides is 1. The number of hydrogen-bond donors (Lipinski definition) is 1. The smallest absolute Gasteiger partial charge is 0.220 e. The van der Waals surface area contributed by atoms with Gasteiger partial charge in [0.25, 0.3) is 0 Å². The first-order chi connectivity index (χ1) is 13.5. The predicted molar refractivity (Wildman–Crippen MR) is 114 cm³/mol. The van der Waals surface area contributed by atoms with Crippen LogP contribution in [0.1, 0.15) is 28.9 Å². The van der Waals surface area contributed by atoms with Crippen LogP contribution < -0.4 is 10.2 Å². The van der Waals surface area contributed by atoms with Crippen LogP contribution in [0.4, 0.5) is 5.69 Å². The van der Waals surface area contributed by atoms with E-state index in [9.17, 15) is 4.79 Å². The third kappa shape index (κ3) is 4.60. The molecule has 1 N–H and O–H groups in total. The number of nitrogens with zero attached hydrogens (tertiary/aromatic N) is 3. The molecule has 0 fully saturated rings. The van der Waals surface area contributed by atoms with Crippen LogP contribution in [0.2, 0.25) is 0 Å². The second-order valence-electron chi connectivity index (χ2n) is 7.23. The van der Waals surface area contributed by atoms with Crippen molar-refractivity contribution in [1.82, 2.24) is 15.1 Å². The van der Waals surface area contributed by atoms with Crippen molar-refractivity contribution < 1.29 is 4.79 Å². The summed E-state index contributed by atoms with van der Waals surface area (Å²) in [6.45, 7) is 4.62. The fourth-order valence-corrected chi connectivity index (χ4v) is 3.30. The van der Waals surface area contributed by atoms with Crippen LogP contribution in [0.25, 0.3) is 5.69 Å². The average molecular weight is 377 g/mol. The summed E-state index contributed by atoms with van der Waals surface area (Å²) in [5.74, 6) is 0.0583. The summed E-state index contributed by atoms with van der Waals surface area (Å²) < 4.78 is 1.95. The third-order valence-electron chi connectivity index (χ3n) is 4.99. The largest absolute Gasteiger partial charge is 0.378 e. The summed E-state index contributed by atoms with van der Waals surface area (Å²) in [7, 11) is 4.03. The average Bonchev–Trinajstić information content (AvgIpc) is 2.99. The molecule has 0 atom stereocenters. The van der Waals surface area contributed by atoms with Crippen LogP contribution in [0.15, 0.2) is 54.6 Å². The number of hydrogen-bond acceptors (Lipinski definition) is 3. The normalized spacial score (nSPS) is 10.7. The topological polar surface area (TPSA) is 50.2 Å². The van der Waals surface area contributed by atoms with Gasteiger partial charge in [-0.05, 0) is 55.7 Å². The van der Waals surface area contributed by atoms with Crippen molar-refractivity contribution in [2.75, 3.05) is 19.0 Å².